The Kier molecular flexibility index (Phi) is 16.5. The van der Waals surface area contributed by atoms with Crippen LogP contribution in [0.25, 0.3) is 0 Å². The quantitative estimate of drug-likeness (QED) is 0.251. The Morgan fingerprint density at radius 2 is 1.38 bits per heavy atom. The maximum atomic E-state index is 11.5. The lowest BCUT2D eigenvalue weighted by molar-refractivity contribution is -0.121. The molecular weight excluding hydrogens is 358 g/mol. The predicted octanol–water partition coefficient (Wildman–Crippen LogP) is 6.75. The molecule has 0 saturated carbocycles. The minimum atomic E-state index is 0.0210. The van der Waals surface area contributed by atoms with Crippen molar-refractivity contribution in [2.24, 2.45) is 0 Å². The van der Waals surface area contributed by atoms with Crippen molar-refractivity contribution in [2.75, 3.05) is 13.2 Å². The molecule has 0 heterocycles. The average Bonchev–Trinajstić information content (AvgIpc) is 2.75. The van der Waals surface area contributed by atoms with Crippen molar-refractivity contribution in [1.29, 1.82) is 0 Å². The van der Waals surface area contributed by atoms with Gasteiger partial charge in [0.15, 0.2) is 0 Å². The lowest BCUT2D eigenvalue weighted by atomic mass is 9.88. The monoisotopic (exact) mass is 403 g/mol. The zero-order valence-electron chi connectivity index (χ0n) is 18.8. The minimum Gasteiger partial charge on any atom is -0.395 e. The highest BCUT2D eigenvalue weighted by Gasteiger charge is 2.11. The van der Waals surface area contributed by atoms with Crippen molar-refractivity contribution in [3.8, 4) is 0 Å². The molecule has 0 spiro atoms. The number of hydrogen-bond acceptors (Lipinski definition) is 2. The lowest BCUT2D eigenvalue weighted by Crippen LogP contribution is -2.25. The smallest absolute Gasteiger partial charge is 0.220 e. The Bertz CT molecular complexity index is 489. The summed E-state index contributed by atoms with van der Waals surface area (Å²) in [6.07, 6.45) is 18.7. The van der Waals surface area contributed by atoms with E-state index in [0.29, 0.717) is 18.9 Å². The Labute approximate surface area is 179 Å². The standard InChI is InChI=1S/C26H45NO2/c1-2-3-4-5-6-8-12-17-24(25-19-14-11-15-20-25)18-13-9-7-10-16-21-26(29)27-22-23-28/h11,14-15,19-20,24,28H,2-10,12-13,16-18,21-23H2,1H3,(H,27,29). The number of unbranched alkanes of at least 4 members (excludes halogenated alkanes) is 10. The zero-order chi connectivity index (χ0) is 21.0. The summed E-state index contributed by atoms with van der Waals surface area (Å²) in [6.45, 7) is 2.67. The van der Waals surface area contributed by atoms with Crippen molar-refractivity contribution in [3.63, 3.8) is 0 Å². The first-order valence-electron chi connectivity index (χ1n) is 12.2. The zero-order valence-corrected chi connectivity index (χ0v) is 18.8. The highest BCUT2D eigenvalue weighted by atomic mass is 16.3. The number of amides is 1. The Morgan fingerprint density at radius 3 is 1.97 bits per heavy atom. The van der Waals surface area contributed by atoms with Crippen LogP contribution in [0.15, 0.2) is 30.3 Å². The van der Waals surface area contributed by atoms with Gasteiger partial charge in [-0.05, 0) is 30.7 Å². The van der Waals surface area contributed by atoms with Crippen LogP contribution in [0.2, 0.25) is 0 Å². The van der Waals surface area contributed by atoms with Crippen molar-refractivity contribution in [1.82, 2.24) is 5.32 Å². The highest BCUT2D eigenvalue weighted by molar-refractivity contribution is 5.75. The predicted molar refractivity (Wildman–Crippen MR) is 124 cm³/mol. The molecule has 29 heavy (non-hydrogen) atoms. The average molecular weight is 404 g/mol. The van der Waals surface area contributed by atoms with E-state index in [1.165, 1.54) is 82.6 Å². The van der Waals surface area contributed by atoms with Gasteiger partial charge in [-0.2, -0.15) is 0 Å². The summed E-state index contributed by atoms with van der Waals surface area (Å²) >= 11 is 0. The molecule has 2 N–H and O–H groups in total. The van der Waals surface area contributed by atoms with Crippen LogP contribution in [-0.2, 0) is 4.79 Å². The molecule has 1 atom stereocenters. The number of nitrogens with one attached hydrogen (secondary N) is 1. The van der Waals surface area contributed by atoms with Crippen molar-refractivity contribution >= 4 is 5.91 Å². The van der Waals surface area contributed by atoms with Gasteiger partial charge in [-0.3, -0.25) is 4.79 Å². The van der Waals surface area contributed by atoms with E-state index in [9.17, 15) is 4.79 Å². The first kappa shape index (κ1) is 25.7. The third-order valence-electron chi connectivity index (χ3n) is 5.82. The van der Waals surface area contributed by atoms with E-state index in [1.54, 1.807) is 0 Å². The van der Waals surface area contributed by atoms with Crippen LogP contribution < -0.4 is 5.32 Å². The molecular formula is C26H45NO2. The minimum absolute atomic E-state index is 0.0210. The lowest BCUT2D eigenvalue weighted by Gasteiger charge is -2.17. The summed E-state index contributed by atoms with van der Waals surface area (Å²) in [6, 6.07) is 11.1. The molecule has 1 unspecified atom stereocenters. The number of hydrogen-bond donors (Lipinski definition) is 2. The Morgan fingerprint density at radius 1 is 0.828 bits per heavy atom. The molecule has 3 heteroatoms. The molecule has 1 aromatic carbocycles. The van der Waals surface area contributed by atoms with Gasteiger partial charge in [-0.15, -0.1) is 0 Å². The summed E-state index contributed by atoms with van der Waals surface area (Å²) < 4.78 is 0. The van der Waals surface area contributed by atoms with Crippen molar-refractivity contribution in [3.05, 3.63) is 35.9 Å². The fourth-order valence-electron chi connectivity index (χ4n) is 4.04. The molecule has 1 rings (SSSR count). The summed E-state index contributed by atoms with van der Waals surface area (Å²) in [7, 11) is 0. The molecule has 166 valence electrons. The van der Waals surface area contributed by atoms with Gasteiger partial charge in [0, 0.05) is 13.0 Å². The second-order valence-electron chi connectivity index (χ2n) is 8.40. The molecule has 0 fully saturated rings. The van der Waals surface area contributed by atoms with Gasteiger partial charge in [0.2, 0.25) is 5.91 Å². The highest BCUT2D eigenvalue weighted by Crippen LogP contribution is 2.28. The van der Waals surface area contributed by atoms with Gasteiger partial charge < -0.3 is 10.4 Å². The Balaban J connectivity index is 2.17. The van der Waals surface area contributed by atoms with Crippen LogP contribution in [0.1, 0.15) is 115 Å². The molecule has 1 amide bonds. The number of carbonyl (C=O) groups excluding carboxylic acids is 1. The molecule has 0 aliphatic heterocycles. The third-order valence-corrected chi connectivity index (χ3v) is 5.82. The van der Waals surface area contributed by atoms with Gasteiger partial charge in [-0.25, -0.2) is 0 Å². The second kappa shape index (κ2) is 18.7. The number of benzene rings is 1. The molecule has 0 bridgehead atoms. The van der Waals surface area contributed by atoms with Crippen LogP contribution in [0, 0.1) is 0 Å². The molecule has 0 aliphatic carbocycles. The van der Waals surface area contributed by atoms with Gasteiger partial charge in [-0.1, -0.05) is 108 Å². The van der Waals surface area contributed by atoms with Crippen LogP contribution in [0.5, 0.6) is 0 Å². The maximum Gasteiger partial charge on any atom is 0.220 e. The number of rotatable bonds is 19. The SMILES string of the molecule is CCCCCCCCCC(CCCCCCCC(=O)NCCO)c1ccccc1. The number of carbonyl (C=O) groups is 1. The second-order valence-corrected chi connectivity index (χ2v) is 8.40. The van der Waals surface area contributed by atoms with E-state index in [1.807, 2.05) is 0 Å². The Hall–Kier alpha value is -1.35. The van der Waals surface area contributed by atoms with Crippen LogP contribution in [-0.4, -0.2) is 24.2 Å². The molecule has 1 aromatic rings. The third kappa shape index (κ3) is 14.3. The molecule has 0 aliphatic rings. The van der Waals surface area contributed by atoms with E-state index >= 15 is 0 Å². The van der Waals surface area contributed by atoms with E-state index in [0.717, 1.165) is 12.8 Å². The normalized spacial score (nSPS) is 12.1. The van der Waals surface area contributed by atoms with Gasteiger partial charge in [0.25, 0.3) is 0 Å². The van der Waals surface area contributed by atoms with E-state index < -0.39 is 0 Å². The first-order chi connectivity index (χ1) is 14.3. The van der Waals surface area contributed by atoms with Gasteiger partial charge in [0.1, 0.15) is 0 Å². The van der Waals surface area contributed by atoms with Crippen LogP contribution >= 0.6 is 0 Å². The molecule has 0 radical (unpaired) electrons. The summed E-state index contributed by atoms with van der Waals surface area (Å²) in [5, 5.41) is 11.4. The van der Waals surface area contributed by atoms with E-state index in [-0.39, 0.29) is 12.5 Å². The molecule has 3 nitrogen and oxygen atoms in total. The van der Waals surface area contributed by atoms with Gasteiger partial charge >= 0.3 is 0 Å². The number of aliphatic hydroxyl groups excluding tert-OH is 1. The molecule has 0 aromatic heterocycles. The first-order valence-corrected chi connectivity index (χ1v) is 12.2. The summed E-state index contributed by atoms with van der Waals surface area (Å²) in [4.78, 5) is 11.5. The van der Waals surface area contributed by atoms with Gasteiger partial charge in [0.05, 0.1) is 6.61 Å². The topological polar surface area (TPSA) is 49.3 Å². The maximum absolute atomic E-state index is 11.5. The van der Waals surface area contributed by atoms with Crippen molar-refractivity contribution in [2.45, 2.75) is 109 Å². The fraction of sp³-hybridized carbons (Fsp3) is 0.731. The fourth-order valence-corrected chi connectivity index (χ4v) is 4.04. The molecule has 0 saturated heterocycles. The van der Waals surface area contributed by atoms with Crippen molar-refractivity contribution < 1.29 is 9.90 Å². The van der Waals surface area contributed by atoms with E-state index in [4.69, 9.17) is 5.11 Å². The number of aliphatic hydroxyl groups is 1. The van der Waals surface area contributed by atoms with Crippen LogP contribution in [0.3, 0.4) is 0 Å². The summed E-state index contributed by atoms with van der Waals surface area (Å²) in [5.74, 6) is 0.772. The van der Waals surface area contributed by atoms with Crippen LogP contribution in [0.4, 0.5) is 0 Å². The largest absolute Gasteiger partial charge is 0.395 e. The summed E-state index contributed by atoms with van der Waals surface area (Å²) in [5.41, 5.74) is 1.51. The van der Waals surface area contributed by atoms with E-state index in [2.05, 4.69) is 42.6 Å².